The maximum absolute atomic E-state index is 12.0. The van der Waals surface area contributed by atoms with E-state index in [0.717, 1.165) is 0 Å². The lowest BCUT2D eigenvalue weighted by Gasteiger charge is -2.16. The number of nitrogens with zero attached hydrogens (tertiary/aromatic N) is 1. The van der Waals surface area contributed by atoms with Crippen molar-refractivity contribution in [1.82, 2.24) is 4.90 Å². The average Bonchev–Trinajstić information content (AvgIpc) is 2.54. The van der Waals surface area contributed by atoms with Gasteiger partial charge >= 0.3 is 5.97 Å². The van der Waals surface area contributed by atoms with Crippen molar-refractivity contribution in [3.8, 4) is 0 Å². The number of β-amino-alcohol motifs (C(OH)–C–C–N with tert-alkyl or cyclic N) is 1. The number of carbonyl (C=O) groups excluding carboxylic acids is 1. The molecular formula is C11H17NO4. The van der Waals surface area contributed by atoms with Crippen molar-refractivity contribution in [2.45, 2.75) is 26.4 Å². The van der Waals surface area contributed by atoms with Crippen molar-refractivity contribution in [1.29, 1.82) is 0 Å². The third-order valence-electron chi connectivity index (χ3n) is 3.83. The topological polar surface area (TPSA) is 77.8 Å². The molecule has 1 amide bonds. The molecule has 1 saturated carbocycles. The molecule has 2 rings (SSSR count). The van der Waals surface area contributed by atoms with Crippen molar-refractivity contribution in [3.63, 3.8) is 0 Å². The molecule has 0 radical (unpaired) electrons. The third-order valence-corrected chi connectivity index (χ3v) is 3.83. The molecule has 2 aliphatic rings. The van der Waals surface area contributed by atoms with E-state index in [0.29, 0.717) is 19.5 Å². The van der Waals surface area contributed by atoms with E-state index < -0.39 is 29.3 Å². The van der Waals surface area contributed by atoms with Crippen LogP contribution in [-0.4, -0.2) is 46.2 Å². The van der Waals surface area contributed by atoms with E-state index in [2.05, 4.69) is 0 Å². The van der Waals surface area contributed by atoms with Gasteiger partial charge in [-0.1, -0.05) is 13.8 Å². The Labute approximate surface area is 94.0 Å². The molecule has 90 valence electrons. The summed E-state index contributed by atoms with van der Waals surface area (Å²) in [5.41, 5.74) is -0.448. The molecule has 3 atom stereocenters. The van der Waals surface area contributed by atoms with Crippen LogP contribution in [0, 0.1) is 17.3 Å². The second-order valence-electron chi connectivity index (χ2n) is 5.34. The van der Waals surface area contributed by atoms with Crippen molar-refractivity contribution < 1.29 is 19.8 Å². The maximum Gasteiger partial charge on any atom is 0.307 e. The molecule has 1 aliphatic carbocycles. The summed E-state index contributed by atoms with van der Waals surface area (Å²) in [4.78, 5) is 24.6. The number of aliphatic hydroxyl groups is 1. The molecule has 0 spiro atoms. The van der Waals surface area contributed by atoms with Crippen LogP contribution in [0.1, 0.15) is 20.3 Å². The molecule has 2 fully saturated rings. The standard InChI is InChI=1S/C11H17NO4/c1-11(2)7(8(11)10(15)16)9(14)12-4-3-6(13)5-12/h6-8,13H,3-5H2,1-2H3,(H,15,16)/t6-,7?,8?/m1/s1. The van der Waals surface area contributed by atoms with Crippen LogP contribution >= 0.6 is 0 Å². The van der Waals surface area contributed by atoms with Crippen molar-refractivity contribution in [2.24, 2.45) is 17.3 Å². The normalized spacial score (nSPS) is 36.2. The van der Waals surface area contributed by atoms with Crippen LogP contribution in [0.5, 0.6) is 0 Å². The van der Waals surface area contributed by atoms with Gasteiger partial charge < -0.3 is 15.1 Å². The minimum absolute atomic E-state index is 0.117. The molecule has 16 heavy (non-hydrogen) atoms. The molecular weight excluding hydrogens is 210 g/mol. The van der Waals surface area contributed by atoms with Gasteiger partial charge in [0.2, 0.25) is 5.91 Å². The summed E-state index contributed by atoms with van der Waals surface area (Å²) in [6, 6.07) is 0. The average molecular weight is 227 g/mol. The van der Waals surface area contributed by atoms with Crippen LogP contribution in [0.15, 0.2) is 0 Å². The zero-order valence-electron chi connectivity index (χ0n) is 9.51. The third kappa shape index (κ3) is 1.59. The number of carboxylic acids is 1. The van der Waals surface area contributed by atoms with E-state index in [9.17, 15) is 14.7 Å². The lowest BCUT2D eigenvalue weighted by atomic mass is 10.1. The summed E-state index contributed by atoms with van der Waals surface area (Å²) in [6.45, 7) is 4.50. The lowest BCUT2D eigenvalue weighted by molar-refractivity contribution is -0.141. The van der Waals surface area contributed by atoms with E-state index in [-0.39, 0.29) is 5.91 Å². The Morgan fingerprint density at radius 1 is 1.31 bits per heavy atom. The van der Waals surface area contributed by atoms with E-state index in [1.54, 1.807) is 18.7 Å². The van der Waals surface area contributed by atoms with E-state index >= 15 is 0 Å². The van der Waals surface area contributed by atoms with E-state index in [1.807, 2.05) is 0 Å². The summed E-state index contributed by atoms with van der Waals surface area (Å²) in [7, 11) is 0. The maximum atomic E-state index is 12.0. The van der Waals surface area contributed by atoms with Crippen LogP contribution in [0.4, 0.5) is 0 Å². The number of carbonyl (C=O) groups is 2. The van der Waals surface area contributed by atoms with Gasteiger partial charge in [-0.05, 0) is 11.8 Å². The smallest absolute Gasteiger partial charge is 0.307 e. The van der Waals surface area contributed by atoms with Gasteiger partial charge in [-0.15, -0.1) is 0 Å². The minimum atomic E-state index is -0.900. The first-order chi connectivity index (χ1) is 7.35. The van der Waals surface area contributed by atoms with Gasteiger partial charge in [-0.3, -0.25) is 9.59 Å². The van der Waals surface area contributed by atoms with Crippen LogP contribution < -0.4 is 0 Å². The highest BCUT2D eigenvalue weighted by molar-refractivity contribution is 5.91. The molecule has 1 saturated heterocycles. The molecule has 0 bridgehead atoms. The number of hydrogen-bond donors (Lipinski definition) is 2. The number of aliphatic hydroxyl groups excluding tert-OH is 1. The molecule has 2 unspecified atom stereocenters. The van der Waals surface area contributed by atoms with Crippen LogP contribution in [0.3, 0.4) is 0 Å². The zero-order chi connectivity index (χ0) is 12.1. The van der Waals surface area contributed by atoms with Gasteiger partial charge in [0.1, 0.15) is 0 Å². The van der Waals surface area contributed by atoms with E-state index in [1.165, 1.54) is 0 Å². The Balaban J connectivity index is 2.04. The Kier molecular flexibility index (Phi) is 2.45. The highest BCUT2D eigenvalue weighted by Gasteiger charge is 2.66. The second kappa shape index (κ2) is 3.45. The number of aliphatic carboxylic acids is 1. The monoisotopic (exact) mass is 227 g/mol. The molecule has 0 aromatic heterocycles. The SMILES string of the molecule is CC1(C)C(C(=O)O)C1C(=O)N1CC[C@@H](O)C1. The minimum Gasteiger partial charge on any atom is -0.481 e. The van der Waals surface area contributed by atoms with Gasteiger partial charge in [-0.25, -0.2) is 0 Å². The quantitative estimate of drug-likeness (QED) is 0.692. The van der Waals surface area contributed by atoms with Crippen molar-refractivity contribution in [2.75, 3.05) is 13.1 Å². The van der Waals surface area contributed by atoms with Crippen molar-refractivity contribution in [3.05, 3.63) is 0 Å². The predicted molar refractivity (Wildman–Crippen MR) is 55.6 cm³/mol. The Morgan fingerprint density at radius 3 is 2.31 bits per heavy atom. The van der Waals surface area contributed by atoms with Gasteiger partial charge in [0.15, 0.2) is 0 Å². The van der Waals surface area contributed by atoms with Gasteiger partial charge in [0.25, 0.3) is 0 Å². The fraction of sp³-hybridized carbons (Fsp3) is 0.818. The highest BCUT2D eigenvalue weighted by Crippen LogP contribution is 2.59. The molecule has 2 N–H and O–H groups in total. The summed E-state index contributed by atoms with van der Waals surface area (Å²) in [5.74, 6) is -2.01. The summed E-state index contributed by atoms with van der Waals surface area (Å²) < 4.78 is 0. The largest absolute Gasteiger partial charge is 0.481 e. The fourth-order valence-corrected chi connectivity index (χ4v) is 2.70. The first kappa shape index (κ1) is 11.4. The number of amides is 1. The van der Waals surface area contributed by atoms with Crippen LogP contribution in [-0.2, 0) is 9.59 Å². The van der Waals surface area contributed by atoms with Crippen molar-refractivity contribution >= 4 is 11.9 Å². The zero-order valence-corrected chi connectivity index (χ0v) is 9.51. The van der Waals surface area contributed by atoms with Crippen LogP contribution in [0.2, 0.25) is 0 Å². The lowest BCUT2D eigenvalue weighted by Crippen LogP contribution is -2.32. The van der Waals surface area contributed by atoms with Gasteiger partial charge in [-0.2, -0.15) is 0 Å². The molecule has 5 heteroatoms. The number of rotatable bonds is 2. The fourth-order valence-electron chi connectivity index (χ4n) is 2.70. The number of carboxylic acid groups (broad SMARTS) is 1. The Hall–Kier alpha value is -1.10. The number of hydrogen-bond acceptors (Lipinski definition) is 3. The highest BCUT2D eigenvalue weighted by atomic mass is 16.4. The van der Waals surface area contributed by atoms with Gasteiger partial charge in [0, 0.05) is 13.1 Å². The molecule has 0 aromatic carbocycles. The summed E-state index contributed by atoms with van der Waals surface area (Å²) in [6.07, 6.45) is 0.144. The first-order valence-corrected chi connectivity index (χ1v) is 5.55. The second-order valence-corrected chi connectivity index (χ2v) is 5.34. The number of likely N-dealkylation sites (tertiary alicyclic amines) is 1. The molecule has 1 aliphatic heterocycles. The first-order valence-electron chi connectivity index (χ1n) is 5.55. The summed E-state index contributed by atoms with van der Waals surface area (Å²) in [5, 5.41) is 18.3. The van der Waals surface area contributed by atoms with Crippen LogP contribution in [0.25, 0.3) is 0 Å². The predicted octanol–water partition coefficient (Wildman–Crippen LogP) is -0.0636. The van der Waals surface area contributed by atoms with E-state index in [4.69, 9.17) is 5.11 Å². The molecule has 1 heterocycles. The Morgan fingerprint density at radius 2 is 1.94 bits per heavy atom. The molecule has 0 aromatic rings. The Bertz CT molecular complexity index is 339. The van der Waals surface area contributed by atoms with Gasteiger partial charge in [0.05, 0.1) is 17.9 Å². The molecule has 5 nitrogen and oxygen atoms in total. The summed E-state index contributed by atoms with van der Waals surface area (Å²) >= 11 is 0.